The predicted molar refractivity (Wildman–Crippen MR) is 100 cm³/mol. The van der Waals surface area contributed by atoms with Crippen LogP contribution in [0.3, 0.4) is 0 Å². The maximum absolute atomic E-state index is 10.2. The highest BCUT2D eigenvalue weighted by molar-refractivity contribution is 6.30. The van der Waals surface area contributed by atoms with Gasteiger partial charge in [0, 0.05) is 29.7 Å². The van der Waals surface area contributed by atoms with Gasteiger partial charge in [0.05, 0.1) is 12.0 Å². The van der Waals surface area contributed by atoms with Crippen LogP contribution in [0.5, 0.6) is 0 Å². The third-order valence-corrected chi connectivity index (χ3v) is 5.33. The van der Waals surface area contributed by atoms with Gasteiger partial charge in [0.15, 0.2) is 0 Å². The van der Waals surface area contributed by atoms with E-state index < -0.39 is 0 Å². The minimum atomic E-state index is -0.184. The Morgan fingerprint density at radius 2 is 2.20 bits per heavy atom. The summed E-state index contributed by atoms with van der Waals surface area (Å²) in [5, 5.41) is 12.0. The summed E-state index contributed by atoms with van der Waals surface area (Å²) < 4.78 is 0. The Labute approximate surface area is 151 Å². The van der Waals surface area contributed by atoms with E-state index in [1.54, 1.807) is 6.33 Å². The molecule has 3 aromatic rings. The van der Waals surface area contributed by atoms with E-state index in [-0.39, 0.29) is 12.0 Å². The van der Waals surface area contributed by atoms with Crippen LogP contribution in [0.4, 0.5) is 5.82 Å². The molecule has 1 atom stereocenters. The molecule has 2 aromatic heterocycles. The van der Waals surface area contributed by atoms with Gasteiger partial charge in [-0.15, -0.1) is 0 Å². The summed E-state index contributed by atoms with van der Waals surface area (Å²) in [6, 6.07) is 9.94. The zero-order chi connectivity index (χ0) is 17.3. The minimum Gasteiger partial charge on any atom is -0.396 e. The van der Waals surface area contributed by atoms with Gasteiger partial charge in [0.1, 0.15) is 17.8 Å². The maximum Gasteiger partial charge on any atom is 0.142 e. The lowest BCUT2D eigenvalue weighted by Crippen LogP contribution is -2.47. The summed E-state index contributed by atoms with van der Waals surface area (Å²) in [6.45, 7) is 1.86. The average molecular weight is 357 g/mol. The van der Waals surface area contributed by atoms with E-state index in [9.17, 15) is 5.11 Å². The van der Waals surface area contributed by atoms with Crippen molar-refractivity contribution in [2.45, 2.75) is 19.3 Å². The zero-order valence-electron chi connectivity index (χ0n) is 14.0. The highest BCUT2D eigenvalue weighted by Gasteiger charge is 2.36. The van der Waals surface area contributed by atoms with Gasteiger partial charge in [-0.05, 0) is 43.0 Å². The third-order valence-electron chi connectivity index (χ3n) is 5.10. The monoisotopic (exact) mass is 356 g/mol. The van der Waals surface area contributed by atoms with E-state index in [0.717, 1.165) is 59.8 Å². The number of hydrogen-bond acceptors (Lipinski definition) is 4. The van der Waals surface area contributed by atoms with Crippen molar-refractivity contribution in [2.24, 2.45) is 5.41 Å². The van der Waals surface area contributed by atoms with Crippen LogP contribution in [-0.2, 0) is 6.42 Å². The molecule has 0 radical (unpaired) electrons. The number of nitrogens with zero attached hydrogens (tertiary/aromatic N) is 3. The first kappa shape index (κ1) is 16.4. The second-order valence-corrected chi connectivity index (χ2v) is 7.36. The molecule has 0 aliphatic carbocycles. The number of anilines is 1. The smallest absolute Gasteiger partial charge is 0.142 e. The van der Waals surface area contributed by atoms with E-state index in [0.29, 0.717) is 0 Å². The summed E-state index contributed by atoms with van der Waals surface area (Å²) in [5.41, 5.74) is 1.83. The maximum atomic E-state index is 10.2. The molecule has 0 saturated carbocycles. The molecule has 3 heterocycles. The molecule has 2 N–H and O–H groups in total. The third kappa shape index (κ3) is 3.22. The number of rotatable bonds is 4. The van der Waals surface area contributed by atoms with Crippen molar-refractivity contribution >= 4 is 28.5 Å². The summed E-state index contributed by atoms with van der Waals surface area (Å²) in [6.07, 6.45) is 6.31. The lowest BCUT2D eigenvalue weighted by molar-refractivity contribution is 0.105. The lowest BCUT2D eigenvalue weighted by Gasteiger charge is -2.42. The molecule has 1 saturated heterocycles. The van der Waals surface area contributed by atoms with E-state index in [1.807, 2.05) is 30.5 Å². The number of nitrogens with one attached hydrogen (secondary N) is 1. The van der Waals surface area contributed by atoms with Gasteiger partial charge < -0.3 is 15.0 Å². The number of aliphatic hydroxyl groups is 1. The Kier molecular flexibility index (Phi) is 4.36. The average Bonchev–Trinajstić information content (AvgIpc) is 3.10. The van der Waals surface area contributed by atoms with Crippen molar-refractivity contribution in [2.75, 3.05) is 24.6 Å². The SMILES string of the molecule is OC[C@@]1(Cc2cccc(Cl)c2)CCCN(c2ncnc3[nH]ccc23)C1. The molecule has 0 unspecified atom stereocenters. The second kappa shape index (κ2) is 6.65. The fourth-order valence-electron chi connectivity index (χ4n) is 3.91. The van der Waals surface area contributed by atoms with Crippen molar-refractivity contribution in [1.29, 1.82) is 0 Å². The topological polar surface area (TPSA) is 65.0 Å². The normalized spacial score (nSPS) is 21.0. The van der Waals surface area contributed by atoms with Gasteiger partial charge in [-0.3, -0.25) is 0 Å². The van der Waals surface area contributed by atoms with Crippen LogP contribution in [0.25, 0.3) is 11.0 Å². The highest BCUT2D eigenvalue weighted by atomic mass is 35.5. The summed E-state index contributed by atoms with van der Waals surface area (Å²) >= 11 is 6.14. The number of hydrogen-bond donors (Lipinski definition) is 2. The van der Waals surface area contributed by atoms with Crippen molar-refractivity contribution in [3.63, 3.8) is 0 Å². The van der Waals surface area contributed by atoms with Crippen molar-refractivity contribution in [3.05, 3.63) is 53.4 Å². The number of benzene rings is 1. The highest BCUT2D eigenvalue weighted by Crippen LogP contribution is 2.36. The number of piperidine rings is 1. The first-order valence-electron chi connectivity index (χ1n) is 8.57. The molecule has 0 amide bonds. The van der Waals surface area contributed by atoms with Crippen molar-refractivity contribution in [3.8, 4) is 0 Å². The molecule has 6 heteroatoms. The van der Waals surface area contributed by atoms with E-state index in [4.69, 9.17) is 11.6 Å². The fourth-order valence-corrected chi connectivity index (χ4v) is 4.12. The molecule has 0 bridgehead atoms. The van der Waals surface area contributed by atoms with Gasteiger partial charge in [-0.2, -0.15) is 0 Å². The molecule has 4 rings (SSSR count). The molecular weight excluding hydrogens is 336 g/mol. The van der Waals surface area contributed by atoms with Gasteiger partial charge >= 0.3 is 0 Å². The quantitative estimate of drug-likeness (QED) is 0.751. The number of aromatic nitrogens is 3. The van der Waals surface area contributed by atoms with Gasteiger partial charge in [0.2, 0.25) is 0 Å². The number of fused-ring (bicyclic) bond motifs is 1. The number of H-pyrrole nitrogens is 1. The second-order valence-electron chi connectivity index (χ2n) is 6.93. The van der Waals surface area contributed by atoms with Crippen LogP contribution < -0.4 is 4.90 Å². The first-order chi connectivity index (χ1) is 12.2. The number of aromatic amines is 1. The predicted octanol–water partition coefficient (Wildman–Crippen LogP) is 3.43. The summed E-state index contributed by atoms with van der Waals surface area (Å²) in [4.78, 5) is 14.2. The van der Waals surface area contributed by atoms with Crippen LogP contribution in [0.1, 0.15) is 18.4 Å². The Bertz CT molecular complexity index is 880. The Balaban J connectivity index is 1.63. The van der Waals surface area contributed by atoms with Crippen LogP contribution in [-0.4, -0.2) is 39.8 Å². The van der Waals surface area contributed by atoms with Crippen molar-refractivity contribution in [1.82, 2.24) is 15.0 Å². The van der Waals surface area contributed by atoms with E-state index >= 15 is 0 Å². The minimum absolute atomic E-state index is 0.150. The first-order valence-corrected chi connectivity index (χ1v) is 8.95. The summed E-state index contributed by atoms with van der Waals surface area (Å²) in [5.74, 6) is 0.940. The van der Waals surface area contributed by atoms with Gasteiger partial charge in [-0.1, -0.05) is 23.7 Å². The molecule has 25 heavy (non-hydrogen) atoms. The van der Waals surface area contributed by atoms with E-state index in [2.05, 4.69) is 25.9 Å². The largest absolute Gasteiger partial charge is 0.396 e. The Morgan fingerprint density at radius 3 is 3.04 bits per heavy atom. The Hall–Kier alpha value is -2.11. The lowest BCUT2D eigenvalue weighted by atomic mass is 9.75. The number of aliphatic hydroxyl groups excluding tert-OH is 1. The van der Waals surface area contributed by atoms with Gasteiger partial charge in [0.25, 0.3) is 0 Å². The molecule has 5 nitrogen and oxygen atoms in total. The van der Waals surface area contributed by atoms with Crippen LogP contribution >= 0.6 is 11.6 Å². The molecular formula is C19H21ClN4O. The fraction of sp³-hybridized carbons (Fsp3) is 0.368. The standard InChI is InChI=1S/C19H21ClN4O/c20-15-4-1-3-14(9-15)10-19(12-25)6-2-8-24(11-19)18-16-5-7-21-17(16)22-13-23-18/h1,3-5,7,9,13,25H,2,6,8,10-12H2,(H,21,22,23)/t19-/m1/s1. The summed E-state index contributed by atoms with van der Waals surface area (Å²) in [7, 11) is 0. The molecule has 130 valence electrons. The molecule has 1 aliphatic rings. The Morgan fingerprint density at radius 1 is 1.28 bits per heavy atom. The van der Waals surface area contributed by atoms with Crippen LogP contribution in [0.15, 0.2) is 42.9 Å². The van der Waals surface area contributed by atoms with Crippen LogP contribution in [0, 0.1) is 5.41 Å². The van der Waals surface area contributed by atoms with Crippen molar-refractivity contribution < 1.29 is 5.11 Å². The van der Waals surface area contributed by atoms with Crippen LogP contribution in [0.2, 0.25) is 5.02 Å². The molecule has 1 fully saturated rings. The zero-order valence-corrected chi connectivity index (χ0v) is 14.7. The van der Waals surface area contributed by atoms with Gasteiger partial charge in [-0.25, -0.2) is 9.97 Å². The molecule has 1 aromatic carbocycles. The van der Waals surface area contributed by atoms with E-state index in [1.165, 1.54) is 0 Å². The molecule has 0 spiro atoms. The number of halogens is 1. The molecule has 1 aliphatic heterocycles.